The SMILES string of the molecule is COC(=O)c1cnc(CC(=O)CSc2nc(N)cc(=O)[nH]2)cn1. The zero-order valence-corrected chi connectivity index (χ0v) is 12.9. The molecule has 0 bridgehead atoms. The van der Waals surface area contributed by atoms with Crippen molar-refractivity contribution >= 4 is 29.3 Å². The molecule has 2 aromatic heterocycles. The van der Waals surface area contributed by atoms with Crippen molar-refractivity contribution in [3.05, 3.63) is 40.2 Å². The van der Waals surface area contributed by atoms with Crippen LogP contribution in [0, 0.1) is 0 Å². The minimum atomic E-state index is -0.595. The number of hydrogen-bond acceptors (Lipinski definition) is 9. The first-order valence-electron chi connectivity index (χ1n) is 6.38. The van der Waals surface area contributed by atoms with E-state index in [1.807, 2.05) is 0 Å². The minimum absolute atomic E-state index is 0.0496. The van der Waals surface area contributed by atoms with Crippen LogP contribution < -0.4 is 11.3 Å². The van der Waals surface area contributed by atoms with Crippen LogP contribution in [0.25, 0.3) is 0 Å². The highest BCUT2D eigenvalue weighted by atomic mass is 32.2. The summed E-state index contributed by atoms with van der Waals surface area (Å²) in [6, 6.07) is 1.16. The number of nitrogens with zero attached hydrogens (tertiary/aromatic N) is 3. The molecule has 3 N–H and O–H groups in total. The van der Waals surface area contributed by atoms with E-state index in [-0.39, 0.29) is 40.2 Å². The normalized spacial score (nSPS) is 10.3. The third-order valence-corrected chi connectivity index (χ3v) is 3.52. The summed E-state index contributed by atoms with van der Waals surface area (Å²) in [6.07, 6.45) is 2.64. The lowest BCUT2D eigenvalue weighted by molar-refractivity contribution is -0.116. The van der Waals surface area contributed by atoms with E-state index >= 15 is 0 Å². The summed E-state index contributed by atoms with van der Waals surface area (Å²) in [5, 5.41) is 0.274. The first kappa shape index (κ1) is 16.6. The monoisotopic (exact) mass is 335 g/mol. The Morgan fingerprint density at radius 3 is 2.74 bits per heavy atom. The zero-order valence-electron chi connectivity index (χ0n) is 12.1. The molecule has 0 aliphatic heterocycles. The molecular weight excluding hydrogens is 322 g/mol. The van der Waals surface area contributed by atoms with Crippen molar-refractivity contribution in [2.24, 2.45) is 0 Å². The molecule has 9 nitrogen and oxygen atoms in total. The van der Waals surface area contributed by atoms with Crippen molar-refractivity contribution < 1.29 is 14.3 Å². The highest BCUT2D eigenvalue weighted by Crippen LogP contribution is 2.12. The molecule has 2 aromatic rings. The number of hydrogen-bond donors (Lipinski definition) is 2. The van der Waals surface area contributed by atoms with Crippen molar-refractivity contribution in [3.8, 4) is 0 Å². The number of ketones is 1. The molecule has 0 spiro atoms. The van der Waals surface area contributed by atoms with Gasteiger partial charge < -0.3 is 15.5 Å². The standard InChI is InChI=1S/C13H13N5O4S/c1-22-12(21)9-5-15-7(4-16-9)2-8(19)6-23-13-17-10(14)3-11(20)18-13/h3-5H,2,6H2,1H3,(H3,14,17,18,20). The van der Waals surface area contributed by atoms with E-state index in [2.05, 4.69) is 24.7 Å². The van der Waals surface area contributed by atoms with Crippen molar-refractivity contribution in [1.82, 2.24) is 19.9 Å². The molecule has 2 heterocycles. The van der Waals surface area contributed by atoms with Gasteiger partial charge in [-0.25, -0.2) is 14.8 Å². The molecule has 0 saturated carbocycles. The number of nitrogens with one attached hydrogen (secondary N) is 1. The predicted octanol–water partition coefficient (Wildman–Crippen LogP) is -0.167. The van der Waals surface area contributed by atoms with Gasteiger partial charge in [-0.05, 0) is 0 Å². The Morgan fingerprint density at radius 1 is 1.35 bits per heavy atom. The molecule has 0 saturated heterocycles. The number of H-pyrrole nitrogens is 1. The van der Waals surface area contributed by atoms with Crippen molar-refractivity contribution in [1.29, 1.82) is 0 Å². The number of ether oxygens (including phenoxy) is 1. The lowest BCUT2D eigenvalue weighted by atomic mass is 10.2. The maximum absolute atomic E-state index is 11.9. The lowest BCUT2D eigenvalue weighted by Crippen LogP contribution is -2.12. The molecule has 0 atom stereocenters. The van der Waals surface area contributed by atoms with E-state index in [0.29, 0.717) is 5.69 Å². The van der Waals surface area contributed by atoms with Gasteiger partial charge in [0.15, 0.2) is 10.9 Å². The van der Waals surface area contributed by atoms with Crippen LogP contribution in [0.1, 0.15) is 16.2 Å². The molecule has 0 fully saturated rings. The molecular formula is C13H13N5O4S. The summed E-state index contributed by atoms with van der Waals surface area (Å²) in [7, 11) is 1.24. The Kier molecular flexibility index (Phi) is 5.41. The second-order valence-corrected chi connectivity index (χ2v) is 5.33. The Hall–Kier alpha value is -2.75. The third-order valence-electron chi connectivity index (χ3n) is 2.59. The largest absolute Gasteiger partial charge is 0.464 e. The fraction of sp³-hybridized carbons (Fsp3) is 0.231. The van der Waals surface area contributed by atoms with E-state index < -0.39 is 5.97 Å². The second kappa shape index (κ2) is 7.49. The van der Waals surface area contributed by atoms with Gasteiger partial charge in [0.2, 0.25) is 0 Å². The number of esters is 1. The van der Waals surface area contributed by atoms with Gasteiger partial charge in [0.1, 0.15) is 11.6 Å². The van der Waals surface area contributed by atoms with E-state index in [1.54, 1.807) is 0 Å². The maximum Gasteiger partial charge on any atom is 0.358 e. The molecule has 10 heteroatoms. The molecule has 0 radical (unpaired) electrons. The first-order valence-corrected chi connectivity index (χ1v) is 7.37. The Balaban J connectivity index is 1.91. The van der Waals surface area contributed by atoms with Crippen LogP contribution in [0.3, 0.4) is 0 Å². The smallest absolute Gasteiger partial charge is 0.358 e. The molecule has 0 aromatic carbocycles. The van der Waals surface area contributed by atoms with Gasteiger partial charge in [-0.2, -0.15) is 0 Å². The van der Waals surface area contributed by atoms with Crippen LogP contribution >= 0.6 is 11.8 Å². The summed E-state index contributed by atoms with van der Waals surface area (Å²) < 4.78 is 4.51. The first-order chi connectivity index (χ1) is 11.0. The molecule has 0 amide bonds. The highest BCUT2D eigenvalue weighted by molar-refractivity contribution is 7.99. The van der Waals surface area contributed by atoms with E-state index in [4.69, 9.17) is 5.73 Å². The average molecular weight is 335 g/mol. The Labute approximate surface area is 134 Å². The van der Waals surface area contributed by atoms with Crippen molar-refractivity contribution in [2.75, 3.05) is 18.6 Å². The number of carbonyl (C=O) groups is 2. The molecule has 0 unspecified atom stereocenters. The summed E-state index contributed by atoms with van der Waals surface area (Å²) in [5.41, 5.74) is 5.57. The molecule has 0 aliphatic carbocycles. The number of aromatic nitrogens is 4. The van der Waals surface area contributed by atoms with E-state index in [0.717, 1.165) is 17.8 Å². The van der Waals surface area contributed by atoms with Gasteiger partial charge in [-0.1, -0.05) is 11.8 Å². The fourth-order valence-electron chi connectivity index (χ4n) is 1.58. The number of methoxy groups -OCH3 is 1. The lowest BCUT2D eigenvalue weighted by Gasteiger charge is -2.02. The number of aromatic amines is 1. The van der Waals surface area contributed by atoms with Crippen LogP contribution in [0.15, 0.2) is 28.4 Å². The highest BCUT2D eigenvalue weighted by Gasteiger charge is 2.11. The number of nitrogen functional groups attached to an aromatic ring is 1. The average Bonchev–Trinajstić information content (AvgIpc) is 2.52. The van der Waals surface area contributed by atoms with Gasteiger partial charge in [0, 0.05) is 12.3 Å². The van der Waals surface area contributed by atoms with Crippen molar-refractivity contribution in [2.45, 2.75) is 11.6 Å². The van der Waals surface area contributed by atoms with Gasteiger partial charge >= 0.3 is 5.97 Å². The van der Waals surface area contributed by atoms with Crippen LogP contribution in [-0.4, -0.2) is 44.6 Å². The number of thioether (sulfide) groups is 1. The zero-order chi connectivity index (χ0) is 16.8. The quantitative estimate of drug-likeness (QED) is 0.418. The summed E-state index contributed by atoms with van der Waals surface area (Å²) in [4.78, 5) is 48.6. The second-order valence-electron chi connectivity index (χ2n) is 4.36. The Bertz CT molecular complexity index is 775. The van der Waals surface area contributed by atoms with Crippen LogP contribution in [0.2, 0.25) is 0 Å². The number of nitrogens with two attached hydrogens (primary N) is 1. The third kappa shape index (κ3) is 4.88. The number of anilines is 1. The number of Topliss-reactive ketones (excluding diaryl/α,β-unsaturated/α-hetero) is 1. The van der Waals surface area contributed by atoms with Crippen LogP contribution in [0.4, 0.5) is 5.82 Å². The summed E-state index contributed by atoms with van der Waals surface area (Å²) in [5.74, 6) is -0.553. The van der Waals surface area contributed by atoms with Gasteiger partial charge in [-0.15, -0.1) is 0 Å². The van der Waals surface area contributed by atoms with Gasteiger partial charge in [-0.3, -0.25) is 14.6 Å². The van der Waals surface area contributed by atoms with Gasteiger partial charge in [0.05, 0.1) is 31.2 Å². The summed E-state index contributed by atoms with van der Waals surface area (Å²) in [6.45, 7) is 0. The van der Waals surface area contributed by atoms with E-state index in [9.17, 15) is 14.4 Å². The number of rotatable bonds is 6. The fourth-order valence-corrected chi connectivity index (χ4v) is 2.32. The minimum Gasteiger partial charge on any atom is -0.464 e. The van der Waals surface area contributed by atoms with Gasteiger partial charge in [0.25, 0.3) is 5.56 Å². The maximum atomic E-state index is 11.9. The summed E-state index contributed by atoms with van der Waals surface area (Å²) >= 11 is 1.07. The molecule has 2 rings (SSSR count). The topological polar surface area (TPSA) is 141 Å². The molecule has 0 aliphatic rings. The number of carbonyl (C=O) groups excluding carboxylic acids is 2. The molecule has 120 valence electrons. The molecule has 23 heavy (non-hydrogen) atoms. The van der Waals surface area contributed by atoms with Crippen LogP contribution in [0.5, 0.6) is 0 Å². The Morgan fingerprint density at radius 2 is 2.13 bits per heavy atom. The predicted molar refractivity (Wildman–Crippen MR) is 82.1 cm³/mol. The van der Waals surface area contributed by atoms with E-state index in [1.165, 1.54) is 19.5 Å². The van der Waals surface area contributed by atoms with Crippen LogP contribution in [-0.2, 0) is 16.0 Å². The van der Waals surface area contributed by atoms with Crippen molar-refractivity contribution in [3.63, 3.8) is 0 Å².